The van der Waals surface area contributed by atoms with Crippen molar-refractivity contribution < 1.29 is 22.5 Å². The lowest BCUT2D eigenvalue weighted by Gasteiger charge is -2.38. The first-order valence-corrected chi connectivity index (χ1v) is 13.2. The Hall–Kier alpha value is -1.84. The van der Waals surface area contributed by atoms with Crippen LogP contribution in [0.1, 0.15) is 42.7 Å². The van der Waals surface area contributed by atoms with Gasteiger partial charge in [-0.3, -0.25) is 4.21 Å². The Morgan fingerprint density at radius 1 is 1.15 bits per heavy atom. The van der Waals surface area contributed by atoms with E-state index in [-0.39, 0.29) is 5.69 Å². The van der Waals surface area contributed by atoms with Crippen molar-refractivity contribution in [2.75, 3.05) is 12.5 Å². The molecule has 0 saturated heterocycles. The van der Waals surface area contributed by atoms with E-state index in [1.165, 1.54) is 18.0 Å². The number of rotatable bonds is 7. The number of hydrogen-bond acceptors (Lipinski definition) is 4. The molecule has 2 N–H and O–H groups in total. The molecule has 2 atom stereocenters. The van der Waals surface area contributed by atoms with E-state index in [0.717, 1.165) is 21.5 Å². The van der Waals surface area contributed by atoms with Gasteiger partial charge in [-0.15, -0.1) is 11.8 Å². The summed E-state index contributed by atoms with van der Waals surface area (Å²) in [7, 11) is -1.39. The van der Waals surface area contributed by atoms with Gasteiger partial charge in [0.05, 0.1) is 27.5 Å². The monoisotopic (exact) mass is 498 g/mol. The van der Waals surface area contributed by atoms with Gasteiger partial charge in [0.2, 0.25) is 0 Å². The molecule has 0 bridgehead atoms. The minimum absolute atomic E-state index is 0.278. The van der Waals surface area contributed by atoms with Gasteiger partial charge in [-0.2, -0.15) is 13.2 Å². The van der Waals surface area contributed by atoms with Crippen LogP contribution in [0, 0.1) is 13.8 Å². The van der Waals surface area contributed by atoms with E-state index in [9.17, 15) is 22.5 Å². The van der Waals surface area contributed by atoms with Gasteiger partial charge >= 0.3 is 6.18 Å². The molecule has 2 aromatic heterocycles. The summed E-state index contributed by atoms with van der Waals surface area (Å²) in [5.41, 5.74) is -0.993. The maximum Gasteiger partial charge on any atom is 0.417 e. The largest absolute Gasteiger partial charge is 0.417 e. The molecule has 33 heavy (non-hydrogen) atoms. The first-order chi connectivity index (χ1) is 15.2. The molecular formula is C24H29F3N2O2S2. The number of thioether (sulfide) groups is 1. The van der Waals surface area contributed by atoms with Crippen molar-refractivity contribution in [3.8, 4) is 0 Å². The number of nitrogens with one attached hydrogen (secondary N) is 1. The lowest BCUT2D eigenvalue weighted by Crippen LogP contribution is -2.51. The highest BCUT2D eigenvalue weighted by atomic mass is 32.2. The number of H-pyrrole nitrogens is 1. The Kier molecular flexibility index (Phi) is 7.09. The van der Waals surface area contributed by atoms with Crippen LogP contribution in [0.2, 0.25) is 0 Å². The third-order valence-corrected chi connectivity index (χ3v) is 7.68. The van der Waals surface area contributed by atoms with Gasteiger partial charge < -0.3 is 10.1 Å². The molecule has 0 spiro atoms. The molecule has 0 fully saturated rings. The van der Waals surface area contributed by atoms with E-state index in [2.05, 4.69) is 9.97 Å². The number of halogens is 3. The van der Waals surface area contributed by atoms with E-state index in [0.29, 0.717) is 16.0 Å². The van der Waals surface area contributed by atoms with Gasteiger partial charge in [-0.1, -0.05) is 31.5 Å². The summed E-state index contributed by atoms with van der Waals surface area (Å²) in [5.74, 6) is 0. The smallest absolute Gasteiger partial charge is 0.380 e. The number of nitrogens with zero attached hydrogens (tertiary/aromatic N) is 1. The second-order valence-electron chi connectivity index (χ2n) is 9.29. The average molecular weight is 499 g/mol. The van der Waals surface area contributed by atoms with Crippen molar-refractivity contribution in [3.63, 3.8) is 0 Å². The van der Waals surface area contributed by atoms with Gasteiger partial charge in [0.25, 0.3) is 0 Å². The van der Waals surface area contributed by atoms with Gasteiger partial charge in [0.15, 0.2) is 5.60 Å². The molecule has 1 aromatic carbocycles. The predicted molar refractivity (Wildman–Crippen MR) is 128 cm³/mol. The zero-order valence-corrected chi connectivity index (χ0v) is 21.2. The second kappa shape index (κ2) is 9.07. The zero-order valence-electron chi connectivity index (χ0n) is 19.6. The lowest BCUT2D eigenvalue weighted by atomic mass is 9.73. The molecule has 180 valence electrons. The Labute approximate surface area is 198 Å². The standard InChI is InChI=1S/C24H29F3N2O2S2/c1-14-7-15(2)21(33(6)31)18(8-14)22(3,4)13-23(30,24(25,26)27)11-17-9-16-10-20(32-5)28-12-19(16)29-17/h7-10,12,29-30H,11,13H2,1-6H3. The Morgan fingerprint density at radius 2 is 1.82 bits per heavy atom. The van der Waals surface area contributed by atoms with Crippen LogP contribution in [0.5, 0.6) is 0 Å². The van der Waals surface area contributed by atoms with Crippen LogP contribution in [-0.2, 0) is 22.6 Å². The summed E-state index contributed by atoms with van der Waals surface area (Å²) < 4.78 is 55.3. The molecule has 0 saturated carbocycles. The molecule has 2 heterocycles. The normalized spacial score (nSPS) is 15.6. The molecule has 4 nitrogen and oxygen atoms in total. The van der Waals surface area contributed by atoms with Crippen LogP contribution in [0.25, 0.3) is 10.9 Å². The summed E-state index contributed by atoms with van der Waals surface area (Å²) in [6.45, 7) is 6.98. The third kappa shape index (κ3) is 5.30. The second-order valence-corrected chi connectivity index (χ2v) is 11.4. The number of aryl methyl sites for hydroxylation is 2. The molecule has 2 unspecified atom stereocenters. The van der Waals surface area contributed by atoms with Gasteiger partial charge in [-0.05, 0) is 55.2 Å². The van der Waals surface area contributed by atoms with Crippen LogP contribution < -0.4 is 0 Å². The fourth-order valence-corrected chi connectivity index (χ4v) is 6.08. The molecule has 3 rings (SSSR count). The molecule has 9 heteroatoms. The molecular weight excluding hydrogens is 469 g/mol. The maximum atomic E-state index is 14.3. The van der Waals surface area contributed by atoms with E-state index in [1.807, 2.05) is 19.2 Å². The van der Waals surface area contributed by atoms with Crippen molar-refractivity contribution in [1.82, 2.24) is 9.97 Å². The number of aromatic amines is 1. The molecule has 0 aliphatic carbocycles. The zero-order chi connectivity index (χ0) is 24.8. The Bertz CT molecular complexity index is 1200. The molecule has 0 amide bonds. The first-order valence-electron chi connectivity index (χ1n) is 10.4. The van der Waals surface area contributed by atoms with Crippen LogP contribution in [0.15, 0.2) is 40.4 Å². The minimum atomic E-state index is -4.87. The quantitative estimate of drug-likeness (QED) is 0.402. The van der Waals surface area contributed by atoms with E-state index in [4.69, 9.17) is 0 Å². The minimum Gasteiger partial charge on any atom is -0.380 e. The number of hydrogen-bond donors (Lipinski definition) is 2. The van der Waals surface area contributed by atoms with Crippen LogP contribution in [-0.4, -0.2) is 43.6 Å². The van der Waals surface area contributed by atoms with E-state index < -0.39 is 40.8 Å². The fourth-order valence-electron chi connectivity index (χ4n) is 4.52. The van der Waals surface area contributed by atoms with Crippen molar-refractivity contribution >= 4 is 33.5 Å². The van der Waals surface area contributed by atoms with Crippen molar-refractivity contribution in [3.05, 3.63) is 52.8 Å². The summed E-state index contributed by atoms with van der Waals surface area (Å²) in [4.78, 5) is 7.74. The number of aliphatic hydroxyl groups is 1. The number of fused-ring (bicyclic) bond motifs is 1. The van der Waals surface area contributed by atoms with E-state index in [1.54, 1.807) is 45.2 Å². The number of pyridine rings is 1. The van der Waals surface area contributed by atoms with Gasteiger partial charge in [0, 0.05) is 28.7 Å². The Morgan fingerprint density at radius 3 is 2.39 bits per heavy atom. The molecule has 3 aromatic rings. The van der Waals surface area contributed by atoms with Crippen LogP contribution in [0.4, 0.5) is 13.2 Å². The van der Waals surface area contributed by atoms with Crippen LogP contribution >= 0.6 is 11.8 Å². The summed E-state index contributed by atoms with van der Waals surface area (Å²) in [5, 5.41) is 12.6. The summed E-state index contributed by atoms with van der Waals surface area (Å²) >= 11 is 1.44. The lowest BCUT2D eigenvalue weighted by molar-refractivity contribution is -0.266. The molecule has 0 aliphatic rings. The van der Waals surface area contributed by atoms with Crippen molar-refractivity contribution in [1.29, 1.82) is 0 Å². The highest BCUT2D eigenvalue weighted by Crippen LogP contribution is 2.45. The SMILES string of the molecule is CSc1cc2cc(CC(O)(CC(C)(C)c3cc(C)cc(C)c3S(C)=O)C(F)(F)F)[nH]c2cn1. The highest BCUT2D eigenvalue weighted by molar-refractivity contribution is 7.98. The first kappa shape index (κ1) is 25.8. The Balaban J connectivity index is 2.04. The highest BCUT2D eigenvalue weighted by Gasteiger charge is 2.56. The van der Waals surface area contributed by atoms with Gasteiger partial charge in [0.1, 0.15) is 0 Å². The summed E-state index contributed by atoms with van der Waals surface area (Å²) in [6.07, 6.45) is -1.10. The predicted octanol–water partition coefficient (Wildman–Crippen LogP) is 5.84. The summed E-state index contributed by atoms with van der Waals surface area (Å²) in [6, 6.07) is 7.07. The van der Waals surface area contributed by atoms with Gasteiger partial charge in [-0.25, -0.2) is 4.98 Å². The molecule has 0 aliphatic heterocycles. The number of benzene rings is 1. The maximum absolute atomic E-state index is 14.3. The van der Waals surface area contributed by atoms with Crippen molar-refractivity contribution in [2.45, 2.75) is 67.7 Å². The topological polar surface area (TPSA) is 66.0 Å². The number of aromatic nitrogens is 2. The number of alkyl halides is 3. The van der Waals surface area contributed by atoms with E-state index >= 15 is 0 Å². The van der Waals surface area contributed by atoms with Crippen LogP contribution in [0.3, 0.4) is 0 Å². The fraction of sp³-hybridized carbons (Fsp3) is 0.458. The molecule has 0 radical (unpaired) electrons. The average Bonchev–Trinajstić information content (AvgIpc) is 3.06. The van der Waals surface area contributed by atoms with Crippen molar-refractivity contribution in [2.24, 2.45) is 0 Å². The third-order valence-electron chi connectivity index (χ3n) is 5.93.